The first-order chi connectivity index (χ1) is 6.74. The molecule has 0 bridgehead atoms. The van der Waals surface area contributed by atoms with E-state index < -0.39 is 0 Å². The summed E-state index contributed by atoms with van der Waals surface area (Å²) in [4.78, 5) is 10.1. The molecule has 0 amide bonds. The molecule has 0 aliphatic carbocycles. The van der Waals surface area contributed by atoms with E-state index in [0.29, 0.717) is 6.42 Å². The average Bonchev–Trinajstić information content (AvgIpc) is 2.20. The van der Waals surface area contributed by atoms with E-state index in [9.17, 15) is 4.79 Å². The Labute approximate surface area is 86.1 Å². The summed E-state index contributed by atoms with van der Waals surface area (Å²) in [5.74, 6) is 0. The summed E-state index contributed by atoms with van der Waals surface area (Å²) in [7, 11) is 3.28. The van der Waals surface area contributed by atoms with Crippen molar-refractivity contribution in [1.82, 2.24) is 0 Å². The average molecular weight is 200 g/mol. The lowest BCUT2D eigenvalue weighted by atomic mass is 10.1. The molecular formula is C11H20O3. The van der Waals surface area contributed by atoms with Crippen LogP contribution in [0, 0.1) is 0 Å². The summed E-state index contributed by atoms with van der Waals surface area (Å²) in [6, 6.07) is 0. The minimum atomic E-state index is -0.121. The van der Waals surface area contributed by atoms with Crippen LogP contribution < -0.4 is 0 Å². The van der Waals surface area contributed by atoms with Gasteiger partial charge >= 0.3 is 0 Å². The molecule has 0 spiro atoms. The largest absolute Gasteiger partial charge is 0.356 e. The number of carbonyl (C=O) groups excluding carboxylic acids is 1. The van der Waals surface area contributed by atoms with Gasteiger partial charge in [-0.15, -0.1) is 0 Å². The quantitative estimate of drug-likeness (QED) is 0.261. The van der Waals surface area contributed by atoms with Crippen LogP contribution in [0.5, 0.6) is 0 Å². The van der Waals surface area contributed by atoms with E-state index in [1.54, 1.807) is 14.2 Å². The third-order valence-corrected chi connectivity index (χ3v) is 2.08. The van der Waals surface area contributed by atoms with Gasteiger partial charge in [-0.3, -0.25) is 0 Å². The van der Waals surface area contributed by atoms with Gasteiger partial charge in [0.05, 0.1) is 0 Å². The number of ether oxygens (including phenoxy) is 2. The molecule has 0 rings (SSSR count). The van der Waals surface area contributed by atoms with Crippen molar-refractivity contribution >= 4 is 6.29 Å². The lowest BCUT2D eigenvalue weighted by Crippen LogP contribution is -2.12. The number of rotatable bonds is 8. The van der Waals surface area contributed by atoms with Crippen LogP contribution in [0.15, 0.2) is 11.6 Å². The van der Waals surface area contributed by atoms with Crippen molar-refractivity contribution in [3.05, 3.63) is 11.6 Å². The Bertz CT molecular complexity index is 171. The fourth-order valence-electron chi connectivity index (χ4n) is 1.18. The fraction of sp³-hybridized carbons (Fsp3) is 0.727. The van der Waals surface area contributed by atoms with Gasteiger partial charge in [-0.05, 0) is 19.8 Å². The van der Waals surface area contributed by atoms with Gasteiger partial charge in [-0.1, -0.05) is 11.6 Å². The van der Waals surface area contributed by atoms with Gasteiger partial charge < -0.3 is 14.3 Å². The molecular weight excluding hydrogens is 180 g/mol. The molecule has 0 atom stereocenters. The lowest BCUT2D eigenvalue weighted by Gasteiger charge is -2.12. The smallest absolute Gasteiger partial charge is 0.157 e. The van der Waals surface area contributed by atoms with E-state index in [0.717, 1.165) is 25.5 Å². The van der Waals surface area contributed by atoms with Crippen molar-refractivity contribution in [2.45, 2.75) is 38.9 Å². The molecule has 3 nitrogen and oxygen atoms in total. The zero-order valence-corrected chi connectivity index (χ0v) is 9.29. The highest BCUT2D eigenvalue weighted by Crippen LogP contribution is 2.10. The fourth-order valence-corrected chi connectivity index (χ4v) is 1.18. The third kappa shape index (κ3) is 6.80. The Morgan fingerprint density at radius 3 is 2.43 bits per heavy atom. The Balaban J connectivity index is 3.64. The molecule has 0 aromatic rings. The molecule has 0 heterocycles. The van der Waals surface area contributed by atoms with Crippen LogP contribution in [0.4, 0.5) is 0 Å². The zero-order valence-electron chi connectivity index (χ0n) is 9.29. The van der Waals surface area contributed by atoms with E-state index in [4.69, 9.17) is 9.47 Å². The maximum Gasteiger partial charge on any atom is 0.157 e. The van der Waals surface area contributed by atoms with Crippen LogP contribution in [0.2, 0.25) is 0 Å². The molecule has 0 N–H and O–H groups in total. The van der Waals surface area contributed by atoms with E-state index in [1.807, 2.05) is 0 Å². The van der Waals surface area contributed by atoms with Crippen LogP contribution in [-0.2, 0) is 14.3 Å². The summed E-state index contributed by atoms with van der Waals surface area (Å²) in [6.45, 7) is 2.06. The highest BCUT2D eigenvalue weighted by molar-refractivity contribution is 5.49. The molecule has 0 radical (unpaired) electrons. The van der Waals surface area contributed by atoms with Gasteiger partial charge in [-0.25, -0.2) is 0 Å². The molecule has 0 unspecified atom stereocenters. The van der Waals surface area contributed by atoms with E-state index in [2.05, 4.69) is 13.0 Å². The number of carbonyl (C=O) groups is 1. The molecule has 0 aromatic heterocycles. The monoisotopic (exact) mass is 200 g/mol. The first-order valence-electron chi connectivity index (χ1n) is 4.89. The van der Waals surface area contributed by atoms with Gasteiger partial charge in [0.25, 0.3) is 0 Å². The minimum Gasteiger partial charge on any atom is -0.356 e. The summed E-state index contributed by atoms with van der Waals surface area (Å²) in [6.07, 6.45) is 6.16. The summed E-state index contributed by atoms with van der Waals surface area (Å²) in [5, 5.41) is 0. The molecule has 0 fully saturated rings. The highest BCUT2D eigenvalue weighted by Gasteiger charge is 2.04. The van der Waals surface area contributed by atoms with Crippen molar-refractivity contribution in [1.29, 1.82) is 0 Å². The predicted molar refractivity (Wildman–Crippen MR) is 56.1 cm³/mol. The SMILES string of the molecule is COC(CC/C(C)=C/CCC=O)OC. The Morgan fingerprint density at radius 1 is 1.29 bits per heavy atom. The lowest BCUT2D eigenvalue weighted by molar-refractivity contribution is -0.107. The number of aldehydes is 1. The molecule has 0 saturated heterocycles. The topological polar surface area (TPSA) is 35.5 Å². The van der Waals surface area contributed by atoms with Crippen LogP contribution in [0.3, 0.4) is 0 Å². The summed E-state index contributed by atoms with van der Waals surface area (Å²) >= 11 is 0. The molecule has 0 aliphatic heterocycles. The Morgan fingerprint density at radius 2 is 1.93 bits per heavy atom. The van der Waals surface area contributed by atoms with E-state index >= 15 is 0 Å². The standard InChI is InChI=1S/C11H20O3/c1-10(6-4-5-9-12)7-8-11(13-2)14-3/h6,9,11H,4-5,7-8H2,1-3H3/b10-6+. The van der Waals surface area contributed by atoms with Crippen LogP contribution >= 0.6 is 0 Å². The molecule has 0 saturated carbocycles. The second kappa shape index (κ2) is 8.91. The van der Waals surface area contributed by atoms with Crippen molar-refractivity contribution in [2.75, 3.05) is 14.2 Å². The van der Waals surface area contributed by atoms with Crippen LogP contribution in [-0.4, -0.2) is 26.8 Å². The van der Waals surface area contributed by atoms with Crippen molar-refractivity contribution in [2.24, 2.45) is 0 Å². The number of hydrogen-bond donors (Lipinski definition) is 0. The van der Waals surface area contributed by atoms with Gasteiger partial charge in [0.2, 0.25) is 0 Å². The maximum atomic E-state index is 10.1. The van der Waals surface area contributed by atoms with E-state index in [-0.39, 0.29) is 6.29 Å². The van der Waals surface area contributed by atoms with Crippen molar-refractivity contribution < 1.29 is 14.3 Å². The molecule has 0 aromatic carbocycles. The first kappa shape index (κ1) is 13.3. The number of allylic oxidation sites excluding steroid dienone is 2. The van der Waals surface area contributed by atoms with E-state index in [1.165, 1.54) is 5.57 Å². The van der Waals surface area contributed by atoms with Gasteiger partial charge in [0.15, 0.2) is 6.29 Å². The number of methoxy groups -OCH3 is 2. The Hall–Kier alpha value is -0.670. The normalized spacial score (nSPS) is 12.1. The summed E-state index contributed by atoms with van der Waals surface area (Å²) in [5.41, 5.74) is 1.28. The minimum absolute atomic E-state index is 0.121. The van der Waals surface area contributed by atoms with Crippen molar-refractivity contribution in [3.63, 3.8) is 0 Å². The first-order valence-corrected chi connectivity index (χ1v) is 4.89. The second-order valence-corrected chi connectivity index (χ2v) is 3.23. The molecule has 82 valence electrons. The van der Waals surface area contributed by atoms with Crippen molar-refractivity contribution in [3.8, 4) is 0 Å². The van der Waals surface area contributed by atoms with Crippen LogP contribution in [0.1, 0.15) is 32.6 Å². The molecule has 0 aliphatic rings. The van der Waals surface area contributed by atoms with Crippen LogP contribution in [0.25, 0.3) is 0 Å². The van der Waals surface area contributed by atoms with Gasteiger partial charge in [-0.2, -0.15) is 0 Å². The molecule has 14 heavy (non-hydrogen) atoms. The predicted octanol–water partition coefficient (Wildman–Crippen LogP) is 2.31. The van der Waals surface area contributed by atoms with Gasteiger partial charge in [0.1, 0.15) is 6.29 Å². The number of hydrogen-bond acceptors (Lipinski definition) is 3. The van der Waals surface area contributed by atoms with Gasteiger partial charge in [0, 0.05) is 27.1 Å². The Kier molecular flexibility index (Phi) is 8.48. The third-order valence-electron chi connectivity index (χ3n) is 2.08. The second-order valence-electron chi connectivity index (χ2n) is 3.23. The number of unbranched alkanes of at least 4 members (excludes halogenated alkanes) is 1. The molecule has 3 heteroatoms. The zero-order chi connectivity index (χ0) is 10.8. The summed E-state index contributed by atoms with van der Waals surface area (Å²) < 4.78 is 10.1. The highest BCUT2D eigenvalue weighted by atomic mass is 16.7. The maximum absolute atomic E-state index is 10.1.